The lowest BCUT2D eigenvalue weighted by Gasteiger charge is -2.35. The van der Waals surface area contributed by atoms with Crippen LogP contribution >= 0.6 is 0 Å². The molecule has 2 unspecified atom stereocenters. The molecule has 0 bridgehead atoms. The maximum Gasteiger partial charge on any atom is 0.427 e. The second-order valence-electron chi connectivity index (χ2n) is 17.8. The number of sulfonamides is 1. The Morgan fingerprint density at radius 3 is 2.42 bits per heavy atom. The summed E-state index contributed by atoms with van der Waals surface area (Å²) in [6, 6.07) is 3.82. The number of carbonyl (C=O) groups is 4. The molecular weight excluding hydrogens is 798 g/mol. The van der Waals surface area contributed by atoms with Crippen LogP contribution in [0.4, 0.5) is 18.0 Å². The molecule has 8 atom stereocenters. The zero-order valence-corrected chi connectivity index (χ0v) is 35.2. The summed E-state index contributed by atoms with van der Waals surface area (Å²) in [5.74, 6) is -3.67. The minimum Gasteiger partial charge on any atom is -0.471 e. The number of carbonyl (C=O) groups excluding carboxylic acids is 4. The number of aliphatic hydroxyl groups is 1. The molecule has 4 amide bonds. The smallest absolute Gasteiger partial charge is 0.427 e. The fourth-order valence-corrected chi connectivity index (χ4v) is 9.27. The van der Waals surface area contributed by atoms with E-state index in [9.17, 15) is 45.9 Å². The highest BCUT2D eigenvalue weighted by atomic mass is 32.2. The molecular formula is C40H55F3N6O9S. The van der Waals surface area contributed by atoms with Gasteiger partial charge >= 0.3 is 12.3 Å². The van der Waals surface area contributed by atoms with Crippen molar-refractivity contribution in [3.05, 3.63) is 47.5 Å². The lowest BCUT2D eigenvalue weighted by atomic mass is 9.88. The fourth-order valence-electron chi connectivity index (χ4n) is 7.96. The second kappa shape index (κ2) is 15.9. The van der Waals surface area contributed by atoms with Crippen molar-refractivity contribution in [3.8, 4) is 0 Å². The van der Waals surface area contributed by atoms with Gasteiger partial charge in [-0.05, 0) is 91.0 Å². The summed E-state index contributed by atoms with van der Waals surface area (Å²) in [7, 11) is -4.09. The van der Waals surface area contributed by atoms with Crippen LogP contribution in [0.3, 0.4) is 0 Å². The third-order valence-corrected chi connectivity index (χ3v) is 14.4. The van der Waals surface area contributed by atoms with Crippen molar-refractivity contribution >= 4 is 39.7 Å². The van der Waals surface area contributed by atoms with Crippen LogP contribution in [-0.2, 0) is 33.9 Å². The highest BCUT2D eigenvalue weighted by Gasteiger charge is 2.63. The Hall–Kier alpha value is -4.39. The molecule has 6 rings (SSSR count). The molecule has 2 aliphatic carbocycles. The van der Waals surface area contributed by atoms with Crippen LogP contribution in [0.1, 0.15) is 111 Å². The molecule has 59 heavy (non-hydrogen) atoms. The summed E-state index contributed by atoms with van der Waals surface area (Å²) in [6.45, 7) is 9.91. The number of alkyl halides is 3. The molecule has 4 N–H and O–H groups in total. The van der Waals surface area contributed by atoms with Crippen molar-refractivity contribution in [3.63, 3.8) is 0 Å². The summed E-state index contributed by atoms with van der Waals surface area (Å²) < 4.78 is 80.0. The van der Waals surface area contributed by atoms with E-state index in [1.165, 1.54) is 16.8 Å². The van der Waals surface area contributed by atoms with E-state index in [2.05, 4.69) is 20.5 Å². The van der Waals surface area contributed by atoms with E-state index in [1.54, 1.807) is 37.3 Å². The van der Waals surface area contributed by atoms with E-state index in [0.29, 0.717) is 57.1 Å². The molecule has 0 radical (unpaired) electrons. The van der Waals surface area contributed by atoms with Crippen molar-refractivity contribution in [2.45, 2.75) is 146 Å². The van der Waals surface area contributed by atoms with Gasteiger partial charge in [-0.1, -0.05) is 44.2 Å². The van der Waals surface area contributed by atoms with E-state index >= 15 is 0 Å². The number of benzene rings is 1. The first-order valence-electron chi connectivity index (χ1n) is 20.1. The Bertz CT molecular complexity index is 2000. The number of amides is 4. The number of hydrazone groups is 1. The zero-order valence-electron chi connectivity index (χ0n) is 34.3. The third-order valence-electron chi connectivity index (χ3n) is 12.3. The number of halogens is 3. The quantitative estimate of drug-likeness (QED) is 0.286. The van der Waals surface area contributed by atoms with Gasteiger partial charge in [0, 0.05) is 29.5 Å². The van der Waals surface area contributed by atoms with Crippen LogP contribution in [0.25, 0.3) is 0 Å². The van der Waals surface area contributed by atoms with E-state index in [4.69, 9.17) is 9.47 Å². The Morgan fingerprint density at radius 2 is 1.78 bits per heavy atom. The maximum atomic E-state index is 14.8. The van der Waals surface area contributed by atoms with E-state index in [1.807, 2.05) is 26.8 Å². The lowest BCUT2D eigenvalue weighted by molar-refractivity contribution is -0.244. The lowest BCUT2D eigenvalue weighted by Crippen LogP contribution is -2.59. The molecule has 326 valence electrons. The first-order valence-corrected chi connectivity index (χ1v) is 21.6. The molecule has 3 heterocycles. The molecule has 5 aliphatic rings. The predicted octanol–water partition coefficient (Wildman–Crippen LogP) is 4.37. The highest BCUT2D eigenvalue weighted by Crippen LogP contribution is 2.48. The highest BCUT2D eigenvalue weighted by molar-refractivity contribution is 7.91. The number of aliphatic hydroxyl groups excluding tert-OH is 1. The Balaban J connectivity index is 1.36. The standard InChI is InChI=1S/C40H55F3N6O9S/c1-22(2)49-33(51)28-15-11-10-14-27(28)32(46-49)57-26-19-29-31(50)45-39(35(53)47-59(55,56)38(7)16-17-38)20-25(39)13-9-8-12-23(3)18-24(4)30(34(52)48(29)21-26)44-36(54)58-37(5,6)40(41,42)43/h9-11,13-15,22-26,29-30,33,51H,8,12,16-21H2,1-7H3,(H,44,54)(H,45,50)(H,47,53)/b13-9-/t23-,24-,25?,26-,29+,30+,33?,39-/m1/s1. The van der Waals surface area contributed by atoms with Gasteiger partial charge in [-0.3, -0.25) is 24.1 Å². The zero-order chi connectivity index (χ0) is 43.5. The number of allylic oxidation sites excluding steroid dienone is 1. The van der Waals surface area contributed by atoms with Crippen LogP contribution in [0.2, 0.25) is 0 Å². The number of nitrogens with zero attached hydrogens (tertiary/aromatic N) is 3. The van der Waals surface area contributed by atoms with Gasteiger partial charge in [0.2, 0.25) is 33.3 Å². The monoisotopic (exact) mass is 852 g/mol. The van der Waals surface area contributed by atoms with Crippen LogP contribution in [0.5, 0.6) is 0 Å². The van der Waals surface area contributed by atoms with Crippen LogP contribution in [-0.4, -0.2) is 106 Å². The number of hydrogen-bond donors (Lipinski definition) is 4. The number of fused-ring (bicyclic) bond motifs is 3. The molecule has 1 aromatic carbocycles. The number of alkyl carbamates (subject to hydrolysis) is 1. The second-order valence-corrected chi connectivity index (χ2v) is 20.0. The molecule has 15 nitrogen and oxygen atoms in total. The number of hydrogen-bond acceptors (Lipinski definition) is 11. The molecule has 1 saturated heterocycles. The van der Waals surface area contributed by atoms with Gasteiger partial charge in [-0.25, -0.2) is 13.2 Å². The van der Waals surface area contributed by atoms with Gasteiger partial charge in [-0.2, -0.15) is 13.2 Å². The molecule has 3 aliphatic heterocycles. The average molecular weight is 853 g/mol. The number of ether oxygens (including phenoxy) is 2. The predicted molar refractivity (Wildman–Crippen MR) is 208 cm³/mol. The van der Waals surface area contributed by atoms with Crippen LogP contribution in [0.15, 0.2) is 41.5 Å². The van der Waals surface area contributed by atoms with E-state index in [-0.39, 0.29) is 37.2 Å². The van der Waals surface area contributed by atoms with Gasteiger partial charge < -0.3 is 30.1 Å². The topological polar surface area (TPSA) is 196 Å². The summed E-state index contributed by atoms with van der Waals surface area (Å²) in [5.41, 5.74) is -3.57. The number of nitrogens with one attached hydrogen (secondary N) is 3. The minimum absolute atomic E-state index is 0.0509. The molecule has 0 aromatic heterocycles. The van der Waals surface area contributed by atoms with E-state index < -0.39 is 92.2 Å². The van der Waals surface area contributed by atoms with Gasteiger partial charge in [0.05, 0.1) is 11.3 Å². The Kier molecular flexibility index (Phi) is 11.9. The average Bonchev–Trinajstić information content (AvgIpc) is 4.02. The summed E-state index contributed by atoms with van der Waals surface area (Å²) in [4.78, 5) is 57.7. The van der Waals surface area contributed by atoms with Crippen molar-refractivity contribution in [2.24, 2.45) is 22.9 Å². The summed E-state index contributed by atoms with van der Waals surface area (Å²) >= 11 is 0. The SMILES string of the molecule is CC(C)N1N=C(O[C@@H]2C[C@H]3C(=O)N[C@]4(C(=O)NS(=O)(=O)C5(C)CC5)CC4/C=C\CC[C@@H](C)C[C@@H](C)[C@H](NC(=O)OC(C)(C)C(F)(F)F)C(=O)N3C2)c2ccccc2C1O. The van der Waals surface area contributed by atoms with Gasteiger partial charge in [0.15, 0.2) is 6.23 Å². The molecule has 1 aromatic rings. The van der Waals surface area contributed by atoms with Crippen molar-refractivity contribution in [1.29, 1.82) is 0 Å². The minimum atomic E-state index is -4.92. The fraction of sp³-hybridized carbons (Fsp3) is 0.675. The van der Waals surface area contributed by atoms with Gasteiger partial charge in [0.25, 0.3) is 5.91 Å². The van der Waals surface area contributed by atoms with E-state index in [0.717, 1.165) is 0 Å². The van der Waals surface area contributed by atoms with Crippen LogP contribution < -0.4 is 15.4 Å². The third kappa shape index (κ3) is 8.91. The molecule has 2 saturated carbocycles. The Morgan fingerprint density at radius 1 is 1.10 bits per heavy atom. The van der Waals surface area contributed by atoms with Crippen molar-refractivity contribution in [2.75, 3.05) is 6.54 Å². The summed E-state index contributed by atoms with van der Waals surface area (Å²) in [5, 5.41) is 22.3. The van der Waals surface area contributed by atoms with Gasteiger partial charge in [-0.15, -0.1) is 5.10 Å². The largest absolute Gasteiger partial charge is 0.471 e. The normalized spacial score (nSPS) is 31.6. The van der Waals surface area contributed by atoms with Crippen LogP contribution in [0, 0.1) is 17.8 Å². The van der Waals surface area contributed by atoms with Gasteiger partial charge in [0.1, 0.15) is 23.7 Å². The molecule has 19 heteroatoms. The Labute approximate surface area is 342 Å². The first kappa shape index (κ1) is 44.2. The molecule has 3 fully saturated rings. The first-order chi connectivity index (χ1) is 27.4. The molecule has 0 spiro atoms. The maximum absolute atomic E-state index is 14.8. The van der Waals surface area contributed by atoms with Crippen molar-refractivity contribution < 1.29 is 55.3 Å². The summed E-state index contributed by atoms with van der Waals surface area (Å²) in [6.07, 6.45) is -2.62. The number of rotatable bonds is 7. The van der Waals surface area contributed by atoms with Crippen molar-refractivity contribution in [1.82, 2.24) is 25.3 Å².